The van der Waals surface area contributed by atoms with Crippen molar-refractivity contribution in [1.29, 1.82) is 0 Å². The maximum absolute atomic E-state index is 13.2. The fourth-order valence-electron chi connectivity index (χ4n) is 4.35. The molecule has 33 heavy (non-hydrogen) atoms. The molecule has 0 atom stereocenters. The van der Waals surface area contributed by atoms with Gasteiger partial charge in [-0.15, -0.1) is 0 Å². The van der Waals surface area contributed by atoms with Crippen molar-refractivity contribution in [2.75, 3.05) is 19.4 Å². The van der Waals surface area contributed by atoms with Crippen molar-refractivity contribution < 1.29 is 14.7 Å². The number of anilines is 1. The van der Waals surface area contributed by atoms with Crippen LogP contribution in [0.2, 0.25) is 0 Å². The van der Waals surface area contributed by atoms with E-state index in [-0.39, 0.29) is 29.5 Å². The van der Waals surface area contributed by atoms with Crippen LogP contribution >= 0.6 is 0 Å². The van der Waals surface area contributed by atoms with Gasteiger partial charge in [0.1, 0.15) is 12.3 Å². The van der Waals surface area contributed by atoms with Crippen LogP contribution in [0.15, 0.2) is 42.5 Å². The van der Waals surface area contributed by atoms with Crippen LogP contribution in [-0.4, -0.2) is 40.5 Å². The molecule has 6 nitrogen and oxygen atoms in total. The Bertz CT molecular complexity index is 1240. The number of aromatic hydroxyl groups is 1. The number of aryl methyl sites for hydroxylation is 1. The van der Waals surface area contributed by atoms with E-state index in [9.17, 15) is 14.7 Å². The molecule has 1 aliphatic carbocycles. The Balaban J connectivity index is 1.65. The normalized spacial score (nSPS) is 14.8. The minimum absolute atomic E-state index is 0.0346. The lowest BCUT2D eigenvalue weighted by atomic mass is 9.92. The molecule has 0 bridgehead atoms. The van der Waals surface area contributed by atoms with Gasteiger partial charge in [0.2, 0.25) is 11.8 Å². The standard InChI is InChI=1S/C27H33N3O3/c1-17-7-8-19(15-22(17)31)27(11-12-27)25(33)28-20-9-10-21-18(13-20)14-23(26(2,3)4)30(21)16-24(32)29(5)6/h7-10,13-15,31H,11-12,16H2,1-6H3,(H,28,33). The zero-order valence-corrected chi connectivity index (χ0v) is 20.3. The minimum atomic E-state index is -0.583. The summed E-state index contributed by atoms with van der Waals surface area (Å²) in [4.78, 5) is 27.3. The fraction of sp³-hybridized carbons (Fsp3) is 0.407. The number of phenols is 1. The first-order valence-electron chi connectivity index (χ1n) is 11.4. The maximum Gasteiger partial charge on any atom is 0.242 e. The third-order valence-electron chi connectivity index (χ3n) is 6.67. The highest BCUT2D eigenvalue weighted by molar-refractivity contribution is 6.02. The third-order valence-corrected chi connectivity index (χ3v) is 6.67. The number of aromatic nitrogens is 1. The second-order valence-electron chi connectivity index (χ2n) is 10.5. The number of amides is 2. The molecule has 4 rings (SSSR count). The molecule has 1 aliphatic rings. The van der Waals surface area contributed by atoms with Gasteiger partial charge < -0.3 is 19.9 Å². The molecule has 0 aliphatic heterocycles. The van der Waals surface area contributed by atoms with Gasteiger partial charge in [-0.3, -0.25) is 9.59 Å². The number of hydrogen-bond acceptors (Lipinski definition) is 3. The van der Waals surface area contributed by atoms with Crippen LogP contribution in [0.5, 0.6) is 5.75 Å². The van der Waals surface area contributed by atoms with Gasteiger partial charge in [-0.1, -0.05) is 32.9 Å². The van der Waals surface area contributed by atoms with E-state index >= 15 is 0 Å². The highest BCUT2D eigenvalue weighted by Crippen LogP contribution is 2.50. The summed E-state index contributed by atoms with van der Waals surface area (Å²) in [5, 5.41) is 14.2. The van der Waals surface area contributed by atoms with Gasteiger partial charge in [-0.25, -0.2) is 0 Å². The summed E-state index contributed by atoms with van der Waals surface area (Å²) in [5.41, 5.74) is 3.70. The van der Waals surface area contributed by atoms with Crippen LogP contribution in [0, 0.1) is 6.92 Å². The topological polar surface area (TPSA) is 74.6 Å². The molecule has 1 heterocycles. The molecule has 0 radical (unpaired) electrons. The molecule has 1 saturated carbocycles. The number of carbonyl (C=O) groups excluding carboxylic acids is 2. The van der Waals surface area contributed by atoms with Crippen molar-refractivity contribution in [3.05, 3.63) is 59.3 Å². The first-order chi connectivity index (χ1) is 15.4. The summed E-state index contributed by atoms with van der Waals surface area (Å²) in [6.45, 7) is 8.52. The molecule has 6 heteroatoms. The first-order valence-corrected chi connectivity index (χ1v) is 11.4. The largest absolute Gasteiger partial charge is 0.508 e. The van der Waals surface area contributed by atoms with Crippen LogP contribution in [0.25, 0.3) is 10.9 Å². The molecule has 2 N–H and O–H groups in total. The number of phenolic OH excluding ortho intramolecular Hbond substituents is 1. The van der Waals surface area contributed by atoms with Crippen LogP contribution < -0.4 is 5.32 Å². The lowest BCUT2D eigenvalue weighted by Gasteiger charge is -2.23. The van der Waals surface area contributed by atoms with E-state index in [4.69, 9.17) is 0 Å². The molecule has 1 fully saturated rings. The monoisotopic (exact) mass is 447 g/mol. The lowest BCUT2D eigenvalue weighted by Crippen LogP contribution is -2.29. The van der Waals surface area contributed by atoms with Crippen molar-refractivity contribution in [3.63, 3.8) is 0 Å². The summed E-state index contributed by atoms with van der Waals surface area (Å²) in [5.74, 6) is 0.201. The van der Waals surface area contributed by atoms with Gasteiger partial charge in [-0.05, 0) is 61.2 Å². The van der Waals surface area contributed by atoms with Gasteiger partial charge in [0.05, 0.1) is 5.41 Å². The molecular formula is C27H33N3O3. The van der Waals surface area contributed by atoms with E-state index in [1.165, 1.54) is 0 Å². The van der Waals surface area contributed by atoms with Crippen molar-refractivity contribution in [1.82, 2.24) is 9.47 Å². The highest BCUT2D eigenvalue weighted by atomic mass is 16.3. The summed E-state index contributed by atoms with van der Waals surface area (Å²) in [7, 11) is 3.53. The number of nitrogens with one attached hydrogen (secondary N) is 1. The maximum atomic E-state index is 13.2. The van der Waals surface area contributed by atoms with E-state index in [2.05, 4.69) is 36.7 Å². The average Bonchev–Trinajstić information content (AvgIpc) is 3.47. The predicted molar refractivity (Wildman–Crippen MR) is 132 cm³/mol. The minimum Gasteiger partial charge on any atom is -0.508 e. The summed E-state index contributed by atoms with van der Waals surface area (Å²) in [6, 6.07) is 13.5. The van der Waals surface area contributed by atoms with Crippen molar-refractivity contribution >= 4 is 28.4 Å². The van der Waals surface area contributed by atoms with E-state index in [1.807, 2.05) is 37.3 Å². The van der Waals surface area contributed by atoms with Gasteiger partial charge in [-0.2, -0.15) is 0 Å². The number of benzene rings is 2. The fourth-order valence-corrected chi connectivity index (χ4v) is 4.35. The second-order valence-corrected chi connectivity index (χ2v) is 10.5. The number of fused-ring (bicyclic) bond motifs is 1. The van der Waals surface area contributed by atoms with Gasteiger partial charge in [0, 0.05) is 41.8 Å². The Labute approximate surface area is 195 Å². The van der Waals surface area contributed by atoms with Gasteiger partial charge in [0.25, 0.3) is 0 Å². The predicted octanol–water partition coefficient (Wildman–Crippen LogP) is 4.71. The molecule has 2 amide bonds. The highest BCUT2D eigenvalue weighted by Gasteiger charge is 2.51. The number of nitrogens with zero attached hydrogens (tertiary/aromatic N) is 2. The zero-order valence-electron chi connectivity index (χ0n) is 20.3. The summed E-state index contributed by atoms with van der Waals surface area (Å²) < 4.78 is 2.07. The summed E-state index contributed by atoms with van der Waals surface area (Å²) in [6.07, 6.45) is 1.53. The Morgan fingerprint density at radius 1 is 1.09 bits per heavy atom. The molecule has 1 aromatic heterocycles. The lowest BCUT2D eigenvalue weighted by molar-refractivity contribution is -0.129. The first kappa shape index (κ1) is 22.9. The van der Waals surface area contributed by atoms with Crippen LogP contribution in [0.3, 0.4) is 0 Å². The van der Waals surface area contributed by atoms with E-state index in [0.717, 1.165) is 46.3 Å². The molecule has 2 aromatic carbocycles. The van der Waals surface area contributed by atoms with Crippen LogP contribution in [0.1, 0.15) is 50.4 Å². The van der Waals surface area contributed by atoms with Gasteiger partial charge in [0.15, 0.2) is 0 Å². The van der Waals surface area contributed by atoms with E-state index in [1.54, 1.807) is 25.1 Å². The van der Waals surface area contributed by atoms with Crippen LogP contribution in [0.4, 0.5) is 5.69 Å². The molecule has 0 saturated heterocycles. The second kappa shape index (κ2) is 7.94. The molecule has 0 spiro atoms. The molecular weight excluding hydrogens is 414 g/mol. The van der Waals surface area contributed by atoms with Crippen molar-refractivity contribution in [3.8, 4) is 5.75 Å². The Morgan fingerprint density at radius 3 is 2.36 bits per heavy atom. The SMILES string of the molecule is Cc1ccc(C2(C(=O)Nc3ccc4c(c3)cc(C(C)(C)C)n4CC(=O)N(C)C)CC2)cc1O. The van der Waals surface area contributed by atoms with Gasteiger partial charge >= 0.3 is 0 Å². The Kier molecular flexibility index (Phi) is 5.51. The van der Waals surface area contributed by atoms with Crippen molar-refractivity contribution in [2.24, 2.45) is 0 Å². The quantitative estimate of drug-likeness (QED) is 0.595. The zero-order chi connectivity index (χ0) is 24.1. The Hall–Kier alpha value is -3.28. The smallest absolute Gasteiger partial charge is 0.242 e. The molecule has 0 unspecified atom stereocenters. The van der Waals surface area contributed by atoms with E-state index in [0.29, 0.717) is 0 Å². The number of hydrogen-bond donors (Lipinski definition) is 2. The third kappa shape index (κ3) is 4.22. The average molecular weight is 448 g/mol. The molecule has 174 valence electrons. The van der Waals surface area contributed by atoms with E-state index < -0.39 is 5.41 Å². The number of likely N-dealkylation sites (N-methyl/N-ethyl adjacent to an activating group) is 1. The van der Waals surface area contributed by atoms with Crippen molar-refractivity contribution in [2.45, 2.75) is 57.9 Å². The number of rotatable bonds is 5. The summed E-state index contributed by atoms with van der Waals surface area (Å²) >= 11 is 0. The number of carbonyl (C=O) groups is 2. The van der Waals surface area contributed by atoms with Crippen LogP contribution in [-0.2, 0) is 27.0 Å². The molecule has 3 aromatic rings. The Morgan fingerprint density at radius 2 is 1.79 bits per heavy atom.